The molecular formula is C29H24F5N5O3. The number of H-pyrrole nitrogens is 1. The highest BCUT2D eigenvalue weighted by Gasteiger charge is 2.34. The number of pyridine rings is 3. The van der Waals surface area contributed by atoms with Crippen molar-refractivity contribution in [3.05, 3.63) is 99.5 Å². The molecule has 0 atom stereocenters. The first-order valence-corrected chi connectivity index (χ1v) is 12.7. The first-order valence-electron chi connectivity index (χ1n) is 12.7. The summed E-state index contributed by atoms with van der Waals surface area (Å²) in [7, 11) is 0. The van der Waals surface area contributed by atoms with Gasteiger partial charge in [-0.05, 0) is 49.7 Å². The number of hydrogen-bond acceptors (Lipinski definition) is 6. The van der Waals surface area contributed by atoms with Crippen LogP contribution >= 0.6 is 0 Å². The average molecular weight is 586 g/mol. The van der Waals surface area contributed by atoms with E-state index in [0.29, 0.717) is 44.9 Å². The first kappa shape index (κ1) is 28.7. The normalized spacial score (nSPS) is 11.8. The molecule has 0 bridgehead atoms. The molecule has 1 N–H and O–H groups in total. The monoisotopic (exact) mass is 585 g/mol. The molecule has 0 radical (unpaired) electrons. The van der Waals surface area contributed by atoms with Gasteiger partial charge in [-0.25, -0.2) is 13.8 Å². The van der Waals surface area contributed by atoms with E-state index < -0.39 is 30.3 Å². The summed E-state index contributed by atoms with van der Waals surface area (Å²) < 4.78 is 77.8. The molecule has 5 aromatic rings. The summed E-state index contributed by atoms with van der Waals surface area (Å²) in [6, 6.07) is 10.7. The number of ether oxygens (including phenoxy) is 2. The number of benzene rings is 1. The zero-order valence-corrected chi connectivity index (χ0v) is 22.4. The van der Waals surface area contributed by atoms with Crippen LogP contribution in [0.4, 0.5) is 22.0 Å². The molecule has 0 fully saturated rings. The van der Waals surface area contributed by atoms with E-state index in [9.17, 15) is 26.7 Å². The van der Waals surface area contributed by atoms with E-state index in [1.165, 1.54) is 24.7 Å². The highest BCUT2D eigenvalue weighted by atomic mass is 19.4. The van der Waals surface area contributed by atoms with Gasteiger partial charge in [0.1, 0.15) is 35.7 Å². The Kier molecular flexibility index (Phi) is 7.92. The van der Waals surface area contributed by atoms with Gasteiger partial charge in [0.15, 0.2) is 5.75 Å². The number of para-hydroxylation sites is 1. The molecule has 0 aliphatic rings. The zero-order valence-electron chi connectivity index (χ0n) is 22.4. The molecule has 0 spiro atoms. The number of fused-ring (bicyclic) bond motifs is 1. The van der Waals surface area contributed by atoms with Gasteiger partial charge in [0.2, 0.25) is 0 Å². The lowest BCUT2D eigenvalue weighted by Gasteiger charge is -2.16. The Labute approximate surface area is 235 Å². The third kappa shape index (κ3) is 5.94. The van der Waals surface area contributed by atoms with Gasteiger partial charge in [0, 0.05) is 34.6 Å². The van der Waals surface area contributed by atoms with Crippen LogP contribution in [0.15, 0.2) is 65.8 Å². The molecule has 42 heavy (non-hydrogen) atoms. The number of nitrogens with zero attached hydrogens (tertiary/aromatic N) is 4. The van der Waals surface area contributed by atoms with Crippen LogP contribution in [-0.4, -0.2) is 37.8 Å². The minimum Gasteiger partial charge on any atom is -0.487 e. The van der Waals surface area contributed by atoms with E-state index in [2.05, 4.69) is 20.2 Å². The number of aryl methyl sites for hydroxylation is 2. The Morgan fingerprint density at radius 2 is 1.86 bits per heavy atom. The highest BCUT2D eigenvalue weighted by Crippen LogP contribution is 2.37. The Morgan fingerprint density at radius 1 is 1.05 bits per heavy atom. The lowest BCUT2D eigenvalue weighted by Crippen LogP contribution is -2.29. The predicted octanol–water partition coefficient (Wildman–Crippen LogP) is 6.09. The molecular weight excluding hydrogens is 561 g/mol. The molecule has 4 heterocycles. The van der Waals surface area contributed by atoms with Crippen molar-refractivity contribution in [2.45, 2.75) is 39.6 Å². The molecule has 5 rings (SSSR count). The molecule has 0 amide bonds. The van der Waals surface area contributed by atoms with E-state index in [1.54, 1.807) is 37.3 Å². The topological polar surface area (TPSA) is 94.9 Å². The number of alkyl halides is 5. The fraction of sp³-hybridized carbons (Fsp3) is 0.241. The maximum atomic E-state index is 13.3. The number of halogens is 5. The quantitative estimate of drug-likeness (QED) is 0.211. The summed E-state index contributed by atoms with van der Waals surface area (Å²) in [5.74, 6) is 0.562. The van der Waals surface area contributed by atoms with E-state index >= 15 is 0 Å². The second-order valence-electron chi connectivity index (χ2n) is 9.47. The van der Waals surface area contributed by atoms with Crippen LogP contribution in [0.1, 0.15) is 28.1 Å². The summed E-state index contributed by atoms with van der Waals surface area (Å²) in [6.07, 6.45) is -3.32. The molecule has 1 aromatic carbocycles. The number of aromatic amines is 1. The van der Waals surface area contributed by atoms with Crippen molar-refractivity contribution in [2.24, 2.45) is 0 Å². The van der Waals surface area contributed by atoms with Crippen LogP contribution in [0.25, 0.3) is 22.2 Å². The van der Waals surface area contributed by atoms with Gasteiger partial charge in [-0.1, -0.05) is 12.1 Å². The van der Waals surface area contributed by atoms with Crippen molar-refractivity contribution in [1.29, 1.82) is 0 Å². The smallest absolute Gasteiger partial charge is 0.421 e. The summed E-state index contributed by atoms with van der Waals surface area (Å²) in [4.78, 5) is 21.5. The van der Waals surface area contributed by atoms with Crippen molar-refractivity contribution in [3.63, 3.8) is 0 Å². The molecule has 4 aromatic heterocycles. The van der Waals surface area contributed by atoms with Gasteiger partial charge in [0.25, 0.3) is 12.0 Å². The first-order chi connectivity index (χ1) is 20.0. The molecule has 0 saturated heterocycles. The lowest BCUT2D eigenvalue weighted by molar-refractivity contribution is -0.138. The van der Waals surface area contributed by atoms with Crippen molar-refractivity contribution in [2.75, 3.05) is 6.61 Å². The van der Waals surface area contributed by atoms with Gasteiger partial charge in [-0.3, -0.25) is 14.9 Å². The summed E-state index contributed by atoms with van der Waals surface area (Å²) >= 11 is 0. The van der Waals surface area contributed by atoms with Crippen LogP contribution < -0.4 is 15.0 Å². The standard InChI is InChI=1S/C29H24F5N5O3/c1-16-8-9-35-22(13-39-10-4-6-21(28(39)40)29(32,33)34)20(16)14-41-23-7-3-5-18-19(11-17(2)37-26(18)23)27-24(12-36-38-27)42-15-25(30)31/h3-12,25H,13-15H2,1-2H3,(H,36,38). The van der Waals surface area contributed by atoms with Gasteiger partial charge in [-0.2, -0.15) is 18.3 Å². The molecule has 0 unspecified atom stereocenters. The van der Waals surface area contributed by atoms with E-state index in [-0.39, 0.29) is 18.9 Å². The maximum Gasteiger partial charge on any atom is 0.421 e. The summed E-state index contributed by atoms with van der Waals surface area (Å²) in [5.41, 5.74) is 1.43. The van der Waals surface area contributed by atoms with Crippen LogP contribution in [0.5, 0.6) is 11.5 Å². The summed E-state index contributed by atoms with van der Waals surface area (Å²) in [6.45, 7) is 2.58. The summed E-state index contributed by atoms with van der Waals surface area (Å²) in [5, 5.41) is 7.39. The largest absolute Gasteiger partial charge is 0.487 e. The SMILES string of the molecule is Cc1cc(-c2[nH]ncc2OCC(F)F)c2cccc(OCc3c(C)ccnc3Cn3cccc(C(F)(F)F)c3=O)c2n1. The lowest BCUT2D eigenvalue weighted by atomic mass is 10.0. The highest BCUT2D eigenvalue weighted by molar-refractivity contribution is 5.97. The Morgan fingerprint density at radius 3 is 2.62 bits per heavy atom. The second-order valence-corrected chi connectivity index (χ2v) is 9.47. The second kappa shape index (κ2) is 11.6. The maximum absolute atomic E-state index is 13.3. The minimum absolute atomic E-state index is 0.0143. The van der Waals surface area contributed by atoms with Crippen molar-refractivity contribution >= 4 is 10.9 Å². The Balaban J connectivity index is 1.48. The molecule has 0 aliphatic carbocycles. The molecule has 8 nitrogen and oxygen atoms in total. The fourth-order valence-electron chi connectivity index (χ4n) is 4.57. The number of rotatable bonds is 9. The third-order valence-electron chi connectivity index (χ3n) is 6.57. The predicted molar refractivity (Wildman–Crippen MR) is 144 cm³/mol. The number of aromatic nitrogens is 5. The van der Waals surface area contributed by atoms with Gasteiger partial charge in [-0.15, -0.1) is 0 Å². The van der Waals surface area contributed by atoms with E-state index in [4.69, 9.17) is 9.47 Å². The number of hydrogen-bond donors (Lipinski definition) is 1. The molecule has 0 aliphatic heterocycles. The molecule has 0 saturated carbocycles. The minimum atomic E-state index is -4.78. The average Bonchev–Trinajstić information content (AvgIpc) is 3.40. The zero-order chi connectivity index (χ0) is 30.0. The van der Waals surface area contributed by atoms with Crippen LogP contribution in [-0.2, 0) is 19.3 Å². The van der Waals surface area contributed by atoms with Gasteiger partial charge >= 0.3 is 6.18 Å². The number of nitrogens with one attached hydrogen (secondary N) is 1. The molecule has 13 heteroatoms. The fourth-order valence-corrected chi connectivity index (χ4v) is 4.57. The van der Waals surface area contributed by atoms with Crippen molar-refractivity contribution in [1.82, 2.24) is 24.7 Å². The van der Waals surface area contributed by atoms with Crippen molar-refractivity contribution < 1.29 is 31.4 Å². The van der Waals surface area contributed by atoms with E-state index in [0.717, 1.165) is 16.2 Å². The third-order valence-corrected chi connectivity index (χ3v) is 6.57. The Hall–Kier alpha value is -4.81. The van der Waals surface area contributed by atoms with Gasteiger partial charge in [0.05, 0.1) is 18.4 Å². The van der Waals surface area contributed by atoms with Crippen LogP contribution in [0, 0.1) is 13.8 Å². The van der Waals surface area contributed by atoms with E-state index in [1.807, 2.05) is 6.92 Å². The Bertz CT molecular complexity index is 1800. The van der Waals surface area contributed by atoms with Crippen molar-refractivity contribution in [3.8, 4) is 22.8 Å². The van der Waals surface area contributed by atoms with Crippen LogP contribution in [0.2, 0.25) is 0 Å². The van der Waals surface area contributed by atoms with Gasteiger partial charge < -0.3 is 14.0 Å². The molecule has 218 valence electrons. The van der Waals surface area contributed by atoms with Crippen LogP contribution in [0.3, 0.4) is 0 Å².